The maximum Gasteiger partial charge on any atom is 0.238 e. The molecule has 2 N–H and O–H groups in total. The molecule has 1 aliphatic carbocycles. The zero-order valence-electron chi connectivity index (χ0n) is 13.3. The molecule has 0 radical (unpaired) electrons. The number of aryl methyl sites for hydroxylation is 2. The fourth-order valence-electron chi connectivity index (χ4n) is 2.89. The second-order valence-electron chi connectivity index (χ2n) is 5.86. The van der Waals surface area contributed by atoms with E-state index in [1.165, 1.54) is 24.2 Å². The molecule has 4 rings (SSSR count). The van der Waals surface area contributed by atoms with Crippen LogP contribution in [0.3, 0.4) is 0 Å². The average Bonchev–Trinajstić information content (AvgIpc) is 3.05. The molecule has 122 valence electrons. The molecule has 0 aliphatic heterocycles. The number of aromatic amines is 1. The lowest BCUT2D eigenvalue weighted by molar-refractivity contribution is 0.455. The van der Waals surface area contributed by atoms with Crippen LogP contribution in [0, 0.1) is 0 Å². The number of fused-ring (bicyclic) bond motifs is 1. The van der Waals surface area contributed by atoms with Gasteiger partial charge in [-0.2, -0.15) is 5.10 Å². The van der Waals surface area contributed by atoms with Gasteiger partial charge in [-0.3, -0.25) is 0 Å². The van der Waals surface area contributed by atoms with Gasteiger partial charge in [-0.25, -0.2) is 4.98 Å². The highest BCUT2D eigenvalue weighted by molar-refractivity contribution is 5.47. The normalized spacial score (nSPS) is 13.3. The predicted molar refractivity (Wildman–Crippen MR) is 91.1 cm³/mol. The topological polar surface area (TPSA) is 75.7 Å². The van der Waals surface area contributed by atoms with E-state index in [0.29, 0.717) is 12.4 Å². The maximum atomic E-state index is 5.63. The zero-order chi connectivity index (χ0) is 16.2. The van der Waals surface area contributed by atoms with Gasteiger partial charge >= 0.3 is 0 Å². The van der Waals surface area contributed by atoms with Crippen LogP contribution < -0.4 is 10.1 Å². The van der Waals surface area contributed by atoms with Crippen LogP contribution in [0.5, 0.6) is 11.6 Å². The Labute approximate surface area is 140 Å². The molecule has 0 saturated carbocycles. The second kappa shape index (κ2) is 6.70. The van der Waals surface area contributed by atoms with Gasteiger partial charge in [-0.1, -0.05) is 0 Å². The van der Waals surface area contributed by atoms with E-state index in [-0.39, 0.29) is 0 Å². The van der Waals surface area contributed by atoms with E-state index in [4.69, 9.17) is 4.74 Å². The second-order valence-corrected chi connectivity index (χ2v) is 5.86. The monoisotopic (exact) mass is 321 g/mol. The third-order valence-corrected chi connectivity index (χ3v) is 4.09. The fourth-order valence-corrected chi connectivity index (χ4v) is 2.89. The third kappa shape index (κ3) is 3.37. The molecule has 0 spiro atoms. The van der Waals surface area contributed by atoms with E-state index in [9.17, 15) is 0 Å². The van der Waals surface area contributed by atoms with E-state index >= 15 is 0 Å². The number of aromatic nitrogens is 4. The third-order valence-electron chi connectivity index (χ3n) is 4.09. The Bertz CT molecular complexity index is 775. The van der Waals surface area contributed by atoms with Crippen molar-refractivity contribution in [3.8, 4) is 11.6 Å². The summed E-state index contributed by atoms with van der Waals surface area (Å²) < 4.78 is 5.63. The molecule has 0 saturated heterocycles. The first kappa shape index (κ1) is 14.7. The van der Waals surface area contributed by atoms with Gasteiger partial charge in [0.1, 0.15) is 11.6 Å². The number of hydrogen-bond donors (Lipinski definition) is 2. The highest BCUT2D eigenvalue weighted by Gasteiger charge is 2.13. The number of hydrogen-bond acceptors (Lipinski definition) is 5. The van der Waals surface area contributed by atoms with Crippen LogP contribution in [-0.4, -0.2) is 20.2 Å². The summed E-state index contributed by atoms with van der Waals surface area (Å²) >= 11 is 0. The summed E-state index contributed by atoms with van der Waals surface area (Å²) in [5.74, 6) is 2.22. The quantitative estimate of drug-likeness (QED) is 0.752. The van der Waals surface area contributed by atoms with Gasteiger partial charge in [0.05, 0.1) is 12.2 Å². The van der Waals surface area contributed by atoms with Crippen molar-refractivity contribution in [3.63, 3.8) is 0 Å². The summed E-state index contributed by atoms with van der Waals surface area (Å²) in [6, 6.07) is 11.3. The summed E-state index contributed by atoms with van der Waals surface area (Å²) in [7, 11) is 0. The van der Waals surface area contributed by atoms with Crippen molar-refractivity contribution in [2.24, 2.45) is 0 Å². The minimum absolute atomic E-state index is 0.486. The Balaban J connectivity index is 1.36. The van der Waals surface area contributed by atoms with Gasteiger partial charge in [0.2, 0.25) is 5.88 Å². The number of H-pyrrole nitrogens is 1. The van der Waals surface area contributed by atoms with Crippen molar-refractivity contribution in [3.05, 3.63) is 59.8 Å². The highest BCUT2D eigenvalue weighted by atomic mass is 16.5. The lowest BCUT2D eigenvalue weighted by atomic mass is 10.0. The molecule has 2 heterocycles. The lowest BCUT2D eigenvalue weighted by Gasteiger charge is -2.07. The van der Waals surface area contributed by atoms with Crippen molar-refractivity contribution in [1.82, 2.24) is 20.2 Å². The van der Waals surface area contributed by atoms with Gasteiger partial charge in [0.15, 0.2) is 0 Å². The number of benzene rings is 1. The van der Waals surface area contributed by atoms with Gasteiger partial charge in [-0.05, 0) is 56.0 Å². The molecule has 24 heavy (non-hydrogen) atoms. The molecule has 1 aromatic carbocycles. The summed E-state index contributed by atoms with van der Waals surface area (Å²) in [6.07, 6.45) is 6.34. The van der Waals surface area contributed by atoms with E-state index in [1.54, 1.807) is 18.3 Å². The average molecular weight is 321 g/mol. The maximum absolute atomic E-state index is 5.63. The predicted octanol–water partition coefficient (Wildman–Crippen LogP) is 3.48. The lowest BCUT2D eigenvalue weighted by Crippen LogP contribution is -2.01. The molecule has 1 aliphatic rings. The molecule has 6 nitrogen and oxygen atoms in total. The largest absolute Gasteiger partial charge is 0.438 e. The minimum Gasteiger partial charge on any atom is -0.438 e. The number of anilines is 1. The molecule has 6 heteroatoms. The smallest absolute Gasteiger partial charge is 0.238 e. The Morgan fingerprint density at radius 3 is 2.75 bits per heavy atom. The Hall–Kier alpha value is -2.89. The zero-order valence-corrected chi connectivity index (χ0v) is 13.3. The van der Waals surface area contributed by atoms with Crippen LogP contribution >= 0.6 is 0 Å². The van der Waals surface area contributed by atoms with Gasteiger partial charge in [0.25, 0.3) is 0 Å². The highest BCUT2D eigenvalue weighted by Crippen LogP contribution is 2.22. The van der Waals surface area contributed by atoms with Gasteiger partial charge in [-0.15, -0.1) is 5.10 Å². The van der Waals surface area contributed by atoms with Crippen molar-refractivity contribution in [1.29, 1.82) is 0 Å². The molecule has 3 aromatic rings. The van der Waals surface area contributed by atoms with Crippen LogP contribution in [0.1, 0.15) is 30.1 Å². The first-order valence-electron chi connectivity index (χ1n) is 8.23. The van der Waals surface area contributed by atoms with Crippen LogP contribution in [-0.2, 0) is 19.4 Å². The van der Waals surface area contributed by atoms with Crippen LogP contribution in [0.4, 0.5) is 5.69 Å². The molecule has 0 amide bonds. The molecule has 2 aromatic heterocycles. The first-order chi connectivity index (χ1) is 11.9. The molecular weight excluding hydrogens is 302 g/mol. The minimum atomic E-state index is 0.486. The van der Waals surface area contributed by atoms with E-state index in [0.717, 1.165) is 30.1 Å². The van der Waals surface area contributed by atoms with Gasteiger partial charge < -0.3 is 15.0 Å². The number of ether oxygens (including phenoxy) is 1. The number of nitrogens with zero attached hydrogens (tertiary/aromatic N) is 3. The molecule has 0 atom stereocenters. The Kier molecular flexibility index (Phi) is 4.10. The van der Waals surface area contributed by atoms with Crippen molar-refractivity contribution in [2.75, 3.05) is 5.32 Å². The standard InChI is InChI=1S/C18H19N5O/c1-2-5-16-15(4-1)21-17(22-16)12-19-13-7-9-14(10-8-13)24-18-6-3-11-20-23-18/h3,6-11,19H,1-2,4-5,12H2,(H,21,22). The fraction of sp³-hybridized carbons (Fsp3) is 0.278. The first-order valence-corrected chi connectivity index (χ1v) is 8.23. The van der Waals surface area contributed by atoms with Crippen molar-refractivity contribution < 1.29 is 4.74 Å². The number of imidazole rings is 1. The molecule has 0 unspecified atom stereocenters. The summed E-state index contributed by atoms with van der Waals surface area (Å²) in [5.41, 5.74) is 3.58. The van der Waals surface area contributed by atoms with E-state index in [1.807, 2.05) is 24.3 Å². The Morgan fingerprint density at radius 2 is 1.96 bits per heavy atom. The van der Waals surface area contributed by atoms with Crippen molar-refractivity contribution in [2.45, 2.75) is 32.2 Å². The SMILES string of the molecule is c1cnnc(Oc2ccc(NCc3nc4c([nH]3)CCCC4)cc2)c1. The summed E-state index contributed by atoms with van der Waals surface area (Å²) in [5, 5.41) is 11.1. The summed E-state index contributed by atoms with van der Waals surface area (Å²) in [6.45, 7) is 0.692. The van der Waals surface area contributed by atoms with Crippen LogP contribution in [0.25, 0.3) is 0 Å². The van der Waals surface area contributed by atoms with E-state index in [2.05, 4.69) is 25.5 Å². The van der Waals surface area contributed by atoms with Gasteiger partial charge in [0, 0.05) is 23.6 Å². The molecule has 0 bridgehead atoms. The van der Waals surface area contributed by atoms with Crippen LogP contribution in [0.15, 0.2) is 42.6 Å². The Morgan fingerprint density at radius 1 is 1.08 bits per heavy atom. The van der Waals surface area contributed by atoms with Crippen molar-refractivity contribution >= 4 is 5.69 Å². The number of rotatable bonds is 5. The van der Waals surface area contributed by atoms with E-state index < -0.39 is 0 Å². The van der Waals surface area contributed by atoms with Crippen LogP contribution in [0.2, 0.25) is 0 Å². The molecular formula is C18H19N5O. The molecule has 0 fully saturated rings. The summed E-state index contributed by atoms with van der Waals surface area (Å²) in [4.78, 5) is 8.12. The number of nitrogens with one attached hydrogen (secondary N) is 2.